The van der Waals surface area contributed by atoms with Crippen molar-refractivity contribution in [1.82, 2.24) is 4.72 Å². The minimum Gasteiger partial charge on any atom is -0.481 e. The number of nitrogens with one attached hydrogen (secondary N) is 1. The second kappa shape index (κ2) is 8.31. The summed E-state index contributed by atoms with van der Waals surface area (Å²) < 4.78 is 39.7. The molecule has 0 bridgehead atoms. The Morgan fingerprint density at radius 3 is 2.57 bits per heavy atom. The summed E-state index contributed by atoms with van der Waals surface area (Å²) in [6, 6.07) is 3.79. The fraction of sp³-hybridized carbons (Fsp3) is 0.462. The molecule has 0 fully saturated rings. The van der Waals surface area contributed by atoms with Crippen molar-refractivity contribution in [3.63, 3.8) is 0 Å². The fourth-order valence-electron chi connectivity index (χ4n) is 1.73. The Labute approximate surface area is 128 Å². The van der Waals surface area contributed by atoms with Gasteiger partial charge in [0.25, 0.3) is 0 Å². The third kappa shape index (κ3) is 5.99. The summed E-state index contributed by atoms with van der Waals surface area (Å²) in [6.07, 6.45) is 2.64. The average Bonchev–Trinajstić information content (AvgIpc) is 2.40. The van der Waals surface area contributed by atoms with Gasteiger partial charge in [0.15, 0.2) is 5.82 Å². The molecule has 0 atom stereocenters. The molecule has 0 unspecified atom stereocenters. The number of aliphatic carboxylic acids is 1. The van der Waals surface area contributed by atoms with Crippen LogP contribution in [0.15, 0.2) is 23.1 Å². The zero-order valence-electron chi connectivity index (χ0n) is 11.3. The molecule has 0 saturated carbocycles. The van der Waals surface area contributed by atoms with Gasteiger partial charge in [-0.2, -0.15) is 0 Å². The van der Waals surface area contributed by atoms with Gasteiger partial charge in [0, 0.05) is 13.0 Å². The first-order valence-corrected chi connectivity index (χ1v) is 8.36. The fourth-order valence-corrected chi connectivity index (χ4v) is 3.13. The molecule has 0 aliphatic rings. The first kappa shape index (κ1) is 17.9. The predicted octanol–water partition coefficient (Wildman–Crippen LogP) is 2.79. The lowest BCUT2D eigenvalue weighted by Crippen LogP contribution is -2.25. The molecule has 2 N–H and O–H groups in total. The number of carboxylic acids is 1. The lowest BCUT2D eigenvalue weighted by atomic mass is 10.1. The predicted molar refractivity (Wildman–Crippen MR) is 77.3 cm³/mol. The standard InChI is InChI=1S/C13H17ClFNO4S/c14-10-6-5-7-11(13(10)15)21(19,20)16-9-4-2-1-3-8-12(17)18/h5-7,16H,1-4,8-9H2,(H,17,18). The van der Waals surface area contributed by atoms with E-state index >= 15 is 0 Å². The van der Waals surface area contributed by atoms with Gasteiger partial charge in [-0.15, -0.1) is 0 Å². The van der Waals surface area contributed by atoms with E-state index in [-0.39, 0.29) is 18.0 Å². The first-order valence-electron chi connectivity index (χ1n) is 6.50. The van der Waals surface area contributed by atoms with Crippen LogP contribution in [0.3, 0.4) is 0 Å². The van der Waals surface area contributed by atoms with E-state index in [1.807, 2.05) is 0 Å². The number of hydrogen-bond acceptors (Lipinski definition) is 3. The Morgan fingerprint density at radius 2 is 1.90 bits per heavy atom. The third-order valence-corrected chi connectivity index (χ3v) is 4.59. The monoisotopic (exact) mass is 337 g/mol. The molecule has 0 amide bonds. The molecule has 1 aromatic carbocycles. The number of carboxylic acid groups (broad SMARTS) is 1. The van der Waals surface area contributed by atoms with Gasteiger partial charge in [-0.05, 0) is 25.0 Å². The van der Waals surface area contributed by atoms with Gasteiger partial charge in [0.2, 0.25) is 10.0 Å². The molecule has 0 aromatic heterocycles. The van der Waals surface area contributed by atoms with Crippen molar-refractivity contribution in [3.05, 3.63) is 29.0 Å². The summed E-state index contributed by atoms with van der Waals surface area (Å²) >= 11 is 5.55. The Kier molecular flexibility index (Phi) is 7.07. The Morgan fingerprint density at radius 1 is 1.24 bits per heavy atom. The molecular weight excluding hydrogens is 321 g/mol. The van der Waals surface area contributed by atoms with Crippen LogP contribution in [0.25, 0.3) is 0 Å². The summed E-state index contributed by atoms with van der Waals surface area (Å²) in [5, 5.41) is 8.22. The van der Waals surface area contributed by atoms with Crippen LogP contribution in [0, 0.1) is 5.82 Å². The van der Waals surface area contributed by atoms with Crippen LogP contribution in [0.2, 0.25) is 5.02 Å². The third-order valence-electron chi connectivity index (χ3n) is 2.82. The zero-order valence-corrected chi connectivity index (χ0v) is 12.9. The summed E-state index contributed by atoms with van der Waals surface area (Å²) in [5.74, 6) is -1.81. The molecule has 8 heteroatoms. The summed E-state index contributed by atoms with van der Waals surface area (Å²) in [5.41, 5.74) is 0. The highest BCUT2D eigenvalue weighted by molar-refractivity contribution is 7.89. The average molecular weight is 338 g/mol. The van der Waals surface area contributed by atoms with Crippen LogP contribution in [0.1, 0.15) is 32.1 Å². The molecule has 0 spiro atoms. The zero-order chi connectivity index (χ0) is 15.9. The van der Waals surface area contributed by atoms with E-state index in [0.29, 0.717) is 25.7 Å². The number of sulfonamides is 1. The van der Waals surface area contributed by atoms with Crippen LogP contribution >= 0.6 is 11.6 Å². The number of halogens is 2. The molecule has 0 radical (unpaired) electrons. The molecule has 0 saturated heterocycles. The van der Waals surface area contributed by atoms with Crippen LogP contribution in [0.5, 0.6) is 0 Å². The normalized spacial score (nSPS) is 11.5. The van der Waals surface area contributed by atoms with Gasteiger partial charge in [-0.25, -0.2) is 17.5 Å². The van der Waals surface area contributed by atoms with Crippen molar-refractivity contribution in [1.29, 1.82) is 0 Å². The van der Waals surface area contributed by atoms with Crippen molar-refractivity contribution >= 4 is 27.6 Å². The minimum atomic E-state index is -3.92. The van der Waals surface area contributed by atoms with E-state index in [1.165, 1.54) is 12.1 Å². The maximum absolute atomic E-state index is 13.6. The Hall–Kier alpha value is -1.18. The minimum absolute atomic E-state index is 0.111. The van der Waals surface area contributed by atoms with Crippen LogP contribution < -0.4 is 4.72 Å². The van der Waals surface area contributed by atoms with Crippen molar-refractivity contribution < 1.29 is 22.7 Å². The van der Waals surface area contributed by atoms with Crippen molar-refractivity contribution in [2.45, 2.75) is 37.0 Å². The highest BCUT2D eigenvalue weighted by Crippen LogP contribution is 2.21. The van der Waals surface area contributed by atoms with E-state index in [1.54, 1.807) is 0 Å². The van der Waals surface area contributed by atoms with E-state index in [2.05, 4.69) is 4.72 Å². The molecule has 118 valence electrons. The van der Waals surface area contributed by atoms with Crippen molar-refractivity contribution in [2.75, 3.05) is 6.54 Å². The van der Waals surface area contributed by atoms with E-state index < -0.39 is 26.7 Å². The smallest absolute Gasteiger partial charge is 0.303 e. The van der Waals surface area contributed by atoms with Gasteiger partial charge in [-0.3, -0.25) is 4.79 Å². The molecule has 0 aliphatic carbocycles. The van der Waals surface area contributed by atoms with Crippen molar-refractivity contribution in [2.24, 2.45) is 0 Å². The molecule has 1 aromatic rings. The lowest BCUT2D eigenvalue weighted by molar-refractivity contribution is -0.137. The quantitative estimate of drug-likeness (QED) is 0.679. The molecular formula is C13H17ClFNO4S. The molecule has 21 heavy (non-hydrogen) atoms. The highest BCUT2D eigenvalue weighted by atomic mass is 35.5. The number of rotatable bonds is 9. The molecule has 0 heterocycles. The van der Waals surface area contributed by atoms with Gasteiger partial charge < -0.3 is 5.11 Å². The SMILES string of the molecule is O=C(O)CCCCCCNS(=O)(=O)c1cccc(Cl)c1F. The number of hydrogen-bond donors (Lipinski definition) is 2. The van der Waals surface area contributed by atoms with Crippen molar-refractivity contribution in [3.8, 4) is 0 Å². The summed E-state index contributed by atoms with van der Waals surface area (Å²) in [4.78, 5) is 9.83. The first-order chi connectivity index (χ1) is 9.84. The molecule has 5 nitrogen and oxygen atoms in total. The summed E-state index contributed by atoms with van der Waals surface area (Å²) in [7, 11) is -3.92. The second-order valence-electron chi connectivity index (χ2n) is 4.51. The molecule has 0 aliphatic heterocycles. The van der Waals surface area contributed by atoms with Gasteiger partial charge in [-0.1, -0.05) is 30.5 Å². The summed E-state index contributed by atoms with van der Waals surface area (Å²) in [6.45, 7) is 0.168. The topological polar surface area (TPSA) is 83.5 Å². The van der Waals surface area contributed by atoms with Crippen LogP contribution in [-0.4, -0.2) is 26.0 Å². The van der Waals surface area contributed by atoms with E-state index in [9.17, 15) is 17.6 Å². The van der Waals surface area contributed by atoms with Crippen LogP contribution in [0.4, 0.5) is 4.39 Å². The van der Waals surface area contributed by atoms with Gasteiger partial charge in [0.05, 0.1) is 5.02 Å². The number of unbranched alkanes of at least 4 members (excludes halogenated alkanes) is 3. The Balaban J connectivity index is 2.40. The number of benzene rings is 1. The highest BCUT2D eigenvalue weighted by Gasteiger charge is 2.19. The Bertz CT molecular complexity index is 592. The number of carbonyl (C=O) groups is 1. The molecule has 1 rings (SSSR count). The maximum Gasteiger partial charge on any atom is 0.303 e. The van der Waals surface area contributed by atoms with Gasteiger partial charge in [0.1, 0.15) is 4.90 Å². The van der Waals surface area contributed by atoms with E-state index in [0.717, 1.165) is 6.07 Å². The maximum atomic E-state index is 13.6. The largest absolute Gasteiger partial charge is 0.481 e. The van der Waals surface area contributed by atoms with Gasteiger partial charge >= 0.3 is 5.97 Å². The van der Waals surface area contributed by atoms with E-state index in [4.69, 9.17) is 16.7 Å². The lowest BCUT2D eigenvalue weighted by Gasteiger charge is -2.08. The second-order valence-corrected chi connectivity index (χ2v) is 6.65. The van der Waals surface area contributed by atoms with Crippen LogP contribution in [-0.2, 0) is 14.8 Å².